The van der Waals surface area contributed by atoms with Gasteiger partial charge in [0, 0.05) is 30.3 Å². The number of hydrogen-bond acceptors (Lipinski definition) is 6. The highest BCUT2D eigenvalue weighted by Gasteiger charge is 2.15. The largest absolute Gasteiger partial charge is 0.382 e. The van der Waals surface area contributed by atoms with E-state index in [1.54, 1.807) is 53.1 Å². The fraction of sp³-hybridized carbons (Fsp3) is 0.273. The summed E-state index contributed by atoms with van der Waals surface area (Å²) < 4.78 is 6.92. The number of halogens is 1. The number of thioether (sulfide) groups is 1. The van der Waals surface area contributed by atoms with Crippen molar-refractivity contribution < 1.29 is 14.3 Å². The molecule has 0 atom stereocenters. The number of nitrogens with zero attached hydrogens (tertiary/aromatic N) is 2. The highest BCUT2D eigenvalue weighted by molar-refractivity contribution is 7.99. The highest BCUT2D eigenvalue weighted by atomic mass is 35.5. The Kier molecular flexibility index (Phi) is 8.22. The van der Waals surface area contributed by atoms with Gasteiger partial charge in [0.05, 0.1) is 16.7 Å². The third-order valence-electron chi connectivity index (χ3n) is 4.39. The first-order valence-corrected chi connectivity index (χ1v) is 11.2. The van der Waals surface area contributed by atoms with E-state index in [4.69, 9.17) is 16.3 Å². The number of hydrogen-bond donors (Lipinski definition) is 1. The molecule has 2 aromatic carbocycles. The Morgan fingerprint density at radius 3 is 2.65 bits per heavy atom. The topological polar surface area (TPSA) is 90.3 Å². The van der Waals surface area contributed by atoms with Crippen LogP contribution in [-0.2, 0) is 16.1 Å². The molecule has 0 saturated heterocycles. The number of aromatic nitrogens is 2. The summed E-state index contributed by atoms with van der Waals surface area (Å²) in [6.45, 7) is 3.46. The van der Waals surface area contributed by atoms with E-state index in [1.165, 1.54) is 0 Å². The molecule has 2 amide bonds. The minimum atomic E-state index is -0.511. The average Bonchev–Trinajstić information content (AvgIpc) is 2.77. The van der Waals surface area contributed by atoms with E-state index in [-0.39, 0.29) is 11.3 Å². The molecule has 0 unspecified atom stereocenters. The lowest BCUT2D eigenvalue weighted by Gasteiger charge is -2.13. The van der Waals surface area contributed by atoms with E-state index in [1.807, 2.05) is 6.92 Å². The van der Waals surface area contributed by atoms with Gasteiger partial charge in [-0.25, -0.2) is 4.98 Å². The number of rotatable bonds is 9. The third kappa shape index (κ3) is 6.16. The molecule has 1 N–H and O–H groups in total. The Morgan fingerprint density at radius 2 is 1.90 bits per heavy atom. The van der Waals surface area contributed by atoms with Gasteiger partial charge in [-0.05, 0) is 49.7 Å². The minimum absolute atomic E-state index is 0.0600. The van der Waals surface area contributed by atoms with Crippen LogP contribution in [0.4, 0.5) is 0 Å². The normalized spacial score (nSPS) is 10.9. The quantitative estimate of drug-likeness (QED) is 0.299. The molecule has 3 rings (SSSR count). The van der Waals surface area contributed by atoms with Gasteiger partial charge in [-0.15, -0.1) is 0 Å². The summed E-state index contributed by atoms with van der Waals surface area (Å²) >= 11 is 6.93. The van der Waals surface area contributed by atoms with Crippen LogP contribution in [0.1, 0.15) is 23.7 Å². The second-order valence-electron chi connectivity index (χ2n) is 6.59. The lowest BCUT2D eigenvalue weighted by atomic mass is 10.2. The monoisotopic (exact) mass is 459 g/mol. The molecule has 7 nitrogen and oxygen atoms in total. The predicted octanol–water partition coefficient (Wildman–Crippen LogP) is 3.53. The van der Waals surface area contributed by atoms with Crippen molar-refractivity contribution in [3.05, 3.63) is 69.5 Å². The molecule has 0 spiro atoms. The molecule has 0 aliphatic heterocycles. The molecular formula is C22H22ClN3O4S. The standard InChI is InChI=1S/C22H22ClN3O4S/c1-2-30-13-5-12-26-21(29)17-6-3-4-7-18(17)24-22(26)31-14-19(27)25-20(28)15-8-10-16(23)11-9-15/h3-4,6-11H,2,5,12-14H2,1H3,(H,25,27,28). The van der Waals surface area contributed by atoms with Crippen LogP contribution in [0, 0.1) is 0 Å². The lowest BCUT2D eigenvalue weighted by molar-refractivity contribution is -0.117. The molecule has 0 aliphatic carbocycles. The fourth-order valence-electron chi connectivity index (χ4n) is 2.89. The van der Waals surface area contributed by atoms with Gasteiger partial charge in [0.1, 0.15) is 0 Å². The van der Waals surface area contributed by atoms with Crippen molar-refractivity contribution in [2.45, 2.75) is 25.0 Å². The van der Waals surface area contributed by atoms with Gasteiger partial charge in [-0.2, -0.15) is 0 Å². The van der Waals surface area contributed by atoms with E-state index in [0.29, 0.717) is 52.8 Å². The molecule has 0 saturated carbocycles. The third-order valence-corrected chi connectivity index (χ3v) is 5.62. The molecule has 1 aromatic heterocycles. The van der Waals surface area contributed by atoms with Crippen LogP contribution in [0.15, 0.2) is 58.5 Å². The van der Waals surface area contributed by atoms with Crippen molar-refractivity contribution in [1.82, 2.24) is 14.9 Å². The van der Waals surface area contributed by atoms with Crippen molar-refractivity contribution >= 4 is 46.1 Å². The second kappa shape index (κ2) is 11.1. The number of ether oxygens (including phenoxy) is 1. The summed E-state index contributed by atoms with van der Waals surface area (Å²) in [5.41, 5.74) is 0.732. The van der Waals surface area contributed by atoms with Crippen LogP contribution >= 0.6 is 23.4 Å². The lowest BCUT2D eigenvalue weighted by Crippen LogP contribution is -2.32. The molecule has 0 aliphatic rings. The molecule has 162 valence electrons. The summed E-state index contributed by atoms with van der Waals surface area (Å²) in [5, 5.41) is 3.79. The Hall–Kier alpha value is -2.68. The Balaban J connectivity index is 1.73. The molecule has 0 bridgehead atoms. The van der Waals surface area contributed by atoms with Crippen LogP contribution < -0.4 is 10.9 Å². The van der Waals surface area contributed by atoms with Gasteiger partial charge < -0.3 is 4.74 Å². The van der Waals surface area contributed by atoms with Gasteiger partial charge in [0.2, 0.25) is 5.91 Å². The Morgan fingerprint density at radius 1 is 1.16 bits per heavy atom. The molecule has 3 aromatic rings. The zero-order valence-electron chi connectivity index (χ0n) is 17.0. The first-order chi connectivity index (χ1) is 15.0. The van der Waals surface area contributed by atoms with E-state index < -0.39 is 11.8 Å². The smallest absolute Gasteiger partial charge is 0.262 e. The number of benzene rings is 2. The van der Waals surface area contributed by atoms with Gasteiger partial charge in [-0.1, -0.05) is 35.5 Å². The maximum atomic E-state index is 13.0. The summed E-state index contributed by atoms with van der Waals surface area (Å²) in [6, 6.07) is 13.3. The van der Waals surface area contributed by atoms with Crippen LogP contribution in [0.2, 0.25) is 5.02 Å². The molecule has 1 heterocycles. The average molecular weight is 460 g/mol. The van der Waals surface area contributed by atoms with Gasteiger partial charge >= 0.3 is 0 Å². The summed E-state index contributed by atoms with van der Waals surface area (Å²) in [7, 11) is 0. The van der Waals surface area contributed by atoms with Gasteiger partial charge in [0.25, 0.3) is 11.5 Å². The summed E-state index contributed by atoms with van der Waals surface area (Å²) in [6.07, 6.45) is 0.641. The Bertz CT molecular complexity index is 1130. The van der Waals surface area contributed by atoms with Gasteiger partial charge in [0.15, 0.2) is 5.16 Å². The zero-order valence-corrected chi connectivity index (χ0v) is 18.5. The SMILES string of the molecule is CCOCCCn1c(SCC(=O)NC(=O)c2ccc(Cl)cc2)nc2ccccc2c1=O. The minimum Gasteiger partial charge on any atom is -0.382 e. The number of imide groups is 1. The van der Waals surface area contributed by atoms with Crippen LogP contribution in [0.3, 0.4) is 0 Å². The first-order valence-electron chi connectivity index (χ1n) is 9.79. The van der Waals surface area contributed by atoms with Crippen molar-refractivity contribution in [1.29, 1.82) is 0 Å². The second-order valence-corrected chi connectivity index (χ2v) is 7.97. The number of nitrogens with one attached hydrogen (secondary N) is 1. The van der Waals surface area contributed by atoms with Crippen LogP contribution in [0.25, 0.3) is 10.9 Å². The van der Waals surface area contributed by atoms with E-state index in [0.717, 1.165) is 11.8 Å². The molecule has 0 fully saturated rings. The number of fused-ring (bicyclic) bond motifs is 1. The molecule has 9 heteroatoms. The maximum Gasteiger partial charge on any atom is 0.262 e. The molecule has 31 heavy (non-hydrogen) atoms. The highest BCUT2D eigenvalue weighted by Crippen LogP contribution is 2.18. The van der Waals surface area contributed by atoms with Crippen molar-refractivity contribution in [3.8, 4) is 0 Å². The fourth-order valence-corrected chi connectivity index (χ4v) is 3.84. The van der Waals surface area contributed by atoms with E-state index >= 15 is 0 Å². The van der Waals surface area contributed by atoms with Crippen molar-refractivity contribution in [2.75, 3.05) is 19.0 Å². The van der Waals surface area contributed by atoms with E-state index in [2.05, 4.69) is 10.3 Å². The number of amides is 2. The number of carbonyl (C=O) groups is 2. The van der Waals surface area contributed by atoms with Crippen molar-refractivity contribution in [2.24, 2.45) is 0 Å². The van der Waals surface area contributed by atoms with Gasteiger partial charge in [-0.3, -0.25) is 24.3 Å². The summed E-state index contributed by atoms with van der Waals surface area (Å²) in [5.74, 6) is -1.05. The van der Waals surface area contributed by atoms with E-state index in [9.17, 15) is 14.4 Å². The summed E-state index contributed by atoms with van der Waals surface area (Å²) in [4.78, 5) is 42.0. The zero-order chi connectivity index (χ0) is 22.2. The number of carbonyl (C=O) groups excluding carboxylic acids is 2. The van der Waals surface area contributed by atoms with Crippen LogP contribution in [-0.4, -0.2) is 40.3 Å². The first kappa shape index (κ1) is 23.0. The Labute approximate surface area is 188 Å². The molecular weight excluding hydrogens is 438 g/mol. The maximum absolute atomic E-state index is 13.0. The van der Waals surface area contributed by atoms with Crippen LogP contribution in [0.5, 0.6) is 0 Å². The van der Waals surface area contributed by atoms with Crippen molar-refractivity contribution in [3.63, 3.8) is 0 Å². The molecule has 0 radical (unpaired) electrons. The predicted molar refractivity (Wildman–Crippen MR) is 122 cm³/mol. The number of para-hydroxylation sites is 1.